The summed E-state index contributed by atoms with van der Waals surface area (Å²) < 4.78 is 1.21. The molecule has 3 heteroatoms. The van der Waals surface area contributed by atoms with Crippen LogP contribution in [0.25, 0.3) is 75.4 Å². The minimum Gasteiger partial charge on any atom is -0.310 e. The molecule has 0 saturated carbocycles. The Kier molecular flexibility index (Phi) is 7.37. The standard InChI is InChI=1S/C49H32N2S/c1-2-10-44(11-3-1)51(45-25-22-34(23-26-45)33-14-16-35(17-15-33)49-50-47-12-6-7-13-48(47)52-49)46-27-24-40-29-38(19-21-42(40)32-46)39-18-20-41-28-36-8-4-5-9-37(36)30-43(41)31-39/h1-32H. The van der Waals surface area contributed by atoms with Gasteiger partial charge in [-0.25, -0.2) is 4.98 Å². The predicted octanol–water partition coefficient (Wildman–Crippen LogP) is 14.2. The summed E-state index contributed by atoms with van der Waals surface area (Å²) in [5.41, 5.74) is 10.4. The molecule has 0 aliphatic rings. The normalized spacial score (nSPS) is 11.5. The van der Waals surface area contributed by atoms with E-state index in [1.54, 1.807) is 11.3 Å². The number of anilines is 3. The number of benzene rings is 9. The van der Waals surface area contributed by atoms with E-state index in [0.717, 1.165) is 33.1 Å². The summed E-state index contributed by atoms with van der Waals surface area (Å²) in [6.45, 7) is 0. The lowest BCUT2D eigenvalue weighted by Gasteiger charge is -2.26. The molecule has 244 valence electrons. The second-order valence-corrected chi connectivity index (χ2v) is 14.3. The van der Waals surface area contributed by atoms with Crippen LogP contribution in [0.3, 0.4) is 0 Å². The summed E-state index contributed by atoms with van der Waals surface area (Å²) in [4.78, 5) is 7.18. The van der Waals surface area contributed by atoms with Gasteiger partial charge in [0.05, 0.1) is 10.2 Å². The Hall–Kier alpha value is -6.55. The zero-order valence-electron chi connectivity index (χ0n) is 28.3. The Morgan fingerprint density at radius 2 is 0.808 bits per heavy atom. The molecule has 2 nitrogen and oxygen atoms in total. The third kappa shape index (κ3) is 5.58. The first-order valence-electron chi connectivity index (χ1n) is 17.6. The van der Waals surface area contributed by atoms with Crippen molar-refractivity contribution in [2.24, 2.45) is 0 Å². The van der Waals surface area contributed by atoms with Crippen molar-refractivity contribution in [2.75, 3.05) is 4.90 Å². The van der Waals surface area contributed by atoms with Gasteiger partial charge in [-0.1, -0.05) is 121 Å². The van der Waals surface area contributed by atoms with E-state index in [0.29, 0.717) is 0 Å². The van der Waals surface area contributed by atoms with Gasteiger partial charge in [0.1, 0.15) is 5.01 Å². The summed E-state index contributed by atoms with van der Waals surface area (Å²) in [6, 6.07) is 70.1. The highest BCUT2D eigenvalue weighted by Gasteiger charge is 2.14. The first kappa shape index (κ1) is 30.3. The van der Waals surface area contributed by atoms with Crippen molar-refractivity contribution in [3.05, 3.63) is 194 Å². The van der Waals surface area contributed by atoms with E-state index in [-0.39, 0.29) is 0 Å². The van der Waals surface area contributed by atoms with Gasteiger partial charge in [-0.3, -0.25) is 0 Å². The van der Waals surface area contributed by atoms with E-state index in [2.05, 4.69) is 193 Å². The molecule has 0 amide bonds. The average molecular weight is 681 g/mol. The number of aromatic nitrogens is 1. The van der Waals surface area contributed by atoms with Crippen LogP contribution in [-0.2, 0) is 0 Å². The topological polar surface area (TPSA) is 16.1 Å². The monoisotopic (exact) mass is 680 g/mol. The number of hydrogen-bond acceptors (Lipinski definition) is 3. The lowest BCUT2D eigenvalue weighted by atomic mass is 9.97. The minimum absolute atomic E-state index is 1.05. The molecule has 1 aromatic heterocycles. The fourth-order valence-corrected chi connectivity index (χ4v) is 8.27. The van der Waals surface area contributed by atoms with E-state index in [4.69, 9.17) is 4.98 Å². The molecule has 0 saturated heterocycles. The Morgan fingerprint density at radius 3 is 1.54 bits per heavy atom. The van der Waals surface area contributed by atoms with Gasteiger partial charge >= 0.3 is 0 Å². The number of nitrogens with zero attached hydrogens (tertiary/aromatic N) is 2. The van der Waals surface area contributed by atoms with E-state index in [1.165, 1.54) is 59.3 Å². The van der Waals surface area contributed by atoms with Gasteiger partial charge in [-0.2, -0.15) is 0 Å². The second kappa shape index (κ2) is 12.6. The van der Waals surface area contributed by atoms with Crippen molar-refractivity contribution < 1.29 is 0 Å². The Labute approximate surface area is 306 Å². The van der Waals surface area contributed by atoms with Gasteiger partial charge in [0.25, 0.3) is 0 Å². The molecule has 10 rings (SSSR count). The highest BCUT2D eigenvalue weighted by atomic mass is 32.1. The summed E-state index contributed by atoms with van der Waals surface area (Å²) in [5.74, 6) is 0. The maximum absolute atomic E-state index is 4.84. The molecule has 0 aliphatic heterocycles. The molecule has 0 radical (unpaired) electrons. The smallest absolute Gasteiger partial charge is 0.124 e. The van der Waals surface area contributed by atoms with Crippen LogP contribution in [0.2, 0.25) is 0 Å². The molecule has 0 spiro atoms. The van der Waals surface area contributed by atoms with Gasteiger partial charge in [-0.15, -0.1) is 11.3 Å². The van der Waals surface area contributed by atoms with E-state index >= 15 is 0 Å². The molecule has 0 aliphatic carbocycles. The van der Waals surface area contributed by atoms with Crippen LogP contribution in [0, 0.1) is 0 Å². The van der Waals surface area contributed by atoms with Crippen molar-refractivity contribution in [3.8, 4) is 32.8 Å². The van der Waals surface area contributed by atoms with Crippen LogP contribution in [0.5, 0.6) is 0 Å². The molecule has 10 aromatic rings. The largest absolute Gasteiger partial charge is 0.310 e. The van der Waals surface area contributed by atoms with Crippen molar-refractivity contribution in [1.82, 2.24) is 4.98 Å². The summed E-state index contributed by atoms with van der Waals surface area (Å²) >= 11 is 1.74. The van der Waals surface area contributed by atoms with Crippen LogP contribution in [0.4, 0.5) is 17.1 Å². The lowest BCUT2D eigenvalue weighted by Crippen LogP contribution is -2.09. The van der Waals surface area contributed by atoms with Gasteiger partial charge in [0.2, 0.25) is 0 Å². The van der Waals surface area contributed by atoms with Crippen LogP contribution in [0.1, 0.15) is 0 Å². The quantitative estimate of drug-likeness (QED) is 0.163. The maximum atomic E-state index is 4.84. The molecule has 0 unspecified atom stereocenters. The van der Waals surface area contributed by atoms with Crippen molar-refractivity contribution in [2.45, 2.75) is 0 Å². The average Bonchev–Trinajstić information content (AvgIpc) is 3.65. The van der Waals surface area contributed by atoms with Crippen LogP contribution in [-0.4, -0.2) is 4.98 Å². The fraction of sp³-hybridized carbons (Fsp3) is 0. The fourth-order valence-electron chi connectivity index (χ4n) is 7.30. The molecule has 9 aromatic carbocycles. The van der Waals surface area contributed by atoms with Crippen LogP contribution >= 0.6 is 11.3 Å². The molecule has 52 heavy (non-hydrogen) atoms. The van der Waals surface area contributed by atoms with Crippen molar-refractivity contribution in [1.29, 1.82) is 0 Å². The molecular weight excluding hydrogens is 649 g/mol. The van der Waals surface area contributed by atoms with Crippen molar-refractivity contribution >= 4 is 70.9 Å². The highest BCUT2D eigenvalue weighted by molar-refractivity contribution is 7.21. The number of rotatable bonds is 6. The third-order valence-corrected chi connectivity index (χ3v) is 11.1. The van der Waals surface area contributed by atoms with Crippen LogP contribution < -0.4 is 4.90 Å². The highest BCUT2D eigenvalue weighted by Crippen LogP contribution is 2.38. The Bertz CT molecular complexity index is 2860. The minimum atomic E-state index is 1.05. The van der Waals surface area contributed by atoms with E-state index in [1.807, 2.05) is 6.07 Å². The maximum Gasteiger partial charge on any atom is 0.124 e. The molecule has 0 bridgehead atoms. The number of para-hydroxylation sites is 2. The third-order valence-electron chi connectivity index (χ3n) is 10.0. The molecular formula is C49H32N2S. The van der Waals surface area contributed by atoms with Crippen LogP contribution in [0.15, 0.2) is 194 Å². The van der Waals surface area contributed by atoms with Gasteiger partial charge in [-0.05, 0) is 127 Å². The number of fused-ring (bicyclic) bond motifs is 4. The SMILES string of the molecule is c1ccc(N(c2ccc(-c3ccc(-c4nc5ccccc5s4)cc3)cc2)c2ccc3cc(-c4ccc5cc6ccccc6cc5c4)ccc3c2)cc1. The Morgan fingerprint density at radius 1 is 0.327 bits per heavy atom. The van der Waals surface area contributed by atoms with Gasteiger partial charge in [0.15, 0.2) is 0 Å². The van der Waals surface area contributed by atoms with Crippen molar-refractivity contribution in [3.63, 3.8) is 0 Å². The molecule has 0 N–H and O–H groups in total. The first-order chi connectivity index (χ1) is 25.7. The van der Waals surface area contributed by atoms with Gasteiger partial charge < -0.3 is 4.90 Å². The first-order valence-corrected chi connectivity index (χ1v) is 18.4. The zero-order chi connectivity index (χ0) is 34.4. The summed E-state index contributed by atoms with van der Waals surface area (Å²) in [5, 5.41) is 8.55. The predicted molar refractivity (Wildman–Crippen MR) is 223 cm³/mol. The summed E-state index contributed by atoms with van der Waals surface area (Å²) in [7, 11) is 0. The van der Waals surface area contributed by atoms with E-state index in [9.17, 15) is 0 Å². The zero-order valence-corrected chi connectivity index (χ0v) is 29.1. The lowest BCUT2D eigenvalue weighted by molar-refractivity contribution is 1.29. The number of thiazole rings is 1. The summed E-state index contributed by atoms with van der Waals surface area (Å²) in [6.07, 6.45) is 0. The Balaban J connectivity index is 0.954. The van der Waals surface area contributed by atoms with Gasteiger partial charge in [0, 0.05) is 22.6 Å². The number of hydrogen-bond donors (Lipinski definition) is 0. The second-order valence-electron chi connectivity index (χ2n) is 13.3. The van der Waals surface area contributed by atoms with E-state index < -0.39 is 0 Å². The molecule has 0 fully saturated rings. The molecule has 0 atom stereocenters. The molecule has 1 heterocycles.